The van der Waals surface area contributed by atoms with Crippen molar-refractivity contribution in [2.45, 2.75) is 32.1 Å². The molecule has 0 saturated carbocycles. The van der Waals surface area contributed by atoms with Crippen molar-refractivity contribution in [3.05, 3.63) is 33.5 Å². The van der Waals surface area contributed by atoms with Crippen molar-refractivity contribution in [2.75, 3.05) is 51.3 Å². The van der Waals surface area contributed by atoms with Crippen molar-refractivity contribution in [3.8, 4) is 0 Å². The fourth-order valence-corrected chi connectivity index (χ4v) is 5.54. The third-order valence-electron chi connectivity index (χ3n) is 5.97. The van der Waals surface area contributed by atoms with Gasteiger partial charge in [0.1, 0.15) is 0 Å². The number of thiazole rings is 1. The highest BCUT2D eigenvalue weighted by molar-refractivity contribution is 7.14. The van der Waals surface area contributed by atoms with Crippen molar-refractivity contribution in [1.29, 1.82) is 0 Å². The van der Waals surface area contributed by atoms with Gasteiger partial charge in [-0.3, -0.25) is 14.5 Å². The van der Waals surface area contributed by atoms with Crippen LogP contribution in [0.25, 0.3) is 0 Å². The number of aromatic nitrogens is 1. The largest absolute Gasteiger partial charge is 0.379 e. The molecule has 168 valence electrons. The lowest BCUT2D eigenvalue weighted by atomic mass is 9.93. The van der Waals surface area contributed by atoms with Gasteiger partial charge < -0.3 is 15.0 Å². The Bertz CT molecular complexity index is 841. The number of amides is 2. The zero-order valence-electron chi connectivity index (χ0n) is 17.8. The van der Waals surface area contributed by atoms with E-state index < -0.39 is 0 Å². The Labute approximate surface area is 191 Å². The first-order valence-corrected chi connectivity index (χ1v) is 12.8. The van der Waals surface area contributed by atoms with Gasteiger partial charge in [-0.05, 0) is 43.2 Å². The summed E-state index contributed by atoms with van der Waals surface area (Å²) in [6, 6.07) is 3.88. The summed E-state index contributed by atoms with van der Waals surface area (Å²) in [6.07, 6.45) is 4.03. The smallest absolute Gasteiger partial charge is 0.231 e. The number of hydrogen-bond donors (Lipinski definition) is 1. The number of piperidine rings is 1. The molecule has 0 aromatic carbocycles. The fraction of sp³-hybridized carbons (Fsp3) is 0.591. The van der Waals surface area contributed by atoms with Crippen LogP contribution in [0.2, 0.25) is 0 Å². The minimum atomic E-state index is -0.0752. The molecule has 1 N–H and O–H groups in total. The molecule has 0 unspecified atom stereocenters. The molecule has 2 aromatic rings. The molecule has 31 heavy (non-hydrogen) atoms. The van der Waals surface area contributed by atoms with Crippen LogP contribution in [0.4, 0.5) is 5.13 Å². The number of morpholine rings is 1. The Morgan fingerprint density at radius 3 is 2.68 bits per heavy atom. The van der Waals surface area contributed by atoms with Gasteiger partial charge in [0, 0.05) is 36.4 Å². The molecule has 0 aliphatic carbocycles. The average Bonchev–Trinajstić information content (AvgIpc) is 3.45. The van der Waals surface area contributed by atoms with Gasteiger partial charge in [0.2, 0.25) is 11.8 Å². The highest BCUT2D eigenvalue weighted by Crippen LogP contribution is 2.23. The molecule has 2 aliphatic heterocycles. The van der Waals surface area contributed by atoms with Gasteiger partial charge in [-0.25, -0.2) is 4.98 Å². The molecule has 4 heterocycles. The summed E-state index contributed by atoms with van der Waals surface area (Å²) in [5.74, 6) is 0.763. The third kappa shape index (κ3) is 6.83. The Kier molecular flexibility index (Phi) is 8.07. The molecule has 2 aliphatic rings. The number of anilines is 1. The van der Waals surface area contributed by atoms with Gasteiger partial charge in [0.25, 0.3) is 0 Å². The molecule has 0 radical (unpaired) electrons. The number of hydrogen-bond acceptors (Lipinski definition) is 7. The number of likely N-dealkylation sites (tertiary alicyclic amines) is 1. The Hall–Kier alpha value is -1.81. The molecule has 0 spiro atoms. The van der Waals surface area contributed by atoms with Crippen molar-refractivity contribution in [3.63, 3.8) is 0 Å². The van der Waals surface area contributed by atoms with E-state index in [1.807, 2.05) is 27.8 Å². The number of thiophene rings is 1. The molecule has 2 saturated heterocycles. The van der Waals surface area contributed by atoms with Crippen LogP contribution < -0.4 is 5.32 Å². The number of carbonyl (C=O) groups is 2. The fourth-order valence-electron chi connectivity index (χ4n) is 4.11. The van der Waals surface area contributed by atoms with E-state index in [4.69, 9.17) is 4.74 Å². The minimum Gasteiger partial charge on any atom is -0.379 e. The molecule has 2 aromatic heterocycles. The molecule has 7 nitrogen and oxygen atoms in total. The number of nitrogens with one attached hydrogen (secondary N) is 1. The van der Waals surface area contributed by atoms with Crippen LogP contribution in [-0.4, -0.2) is 72.5 Å². The normalized spacial score (nSPS) is 18.3. The summed E-state index contributed by atoms with van der Waals surface area (Å²) >= 11 is 2.94. The van der Waals surface area contributed by atoms with Gasteiger partial charge in [-0.2, -0.15) is 0 Å². The Balaban J connectivity index is 1.16. The van der Waals surface area contributed by atoms with Gasteiger partial charge in [0.05, 0.1) is 31.7 Å². The van der Waals surface area contributed by atoms with E-state index in [-0.39, 0.29) is 11.8 Å². The summed E-state index contributed by atoms with van der Waals surface area (Å²) in [6.45, 7) is 6.60. The minimum absolute atomic E-state index is 0.0752. The van der Waals surface area contributed by atoms with Gasteiger partial charge in [0.15, 0.2) is 5.13 Å². The highest BCUT2D eigenvalue weighted by Gasteiger charge is 2.24. The zero-order valence-corrected chi connectivity index (χ0v) is 19.4. The average molecular weight is 463 g/mol. The molecular formula is C22H30N4O3S2. The van der Waals surface area contributed by atoms with Crippen LogP contribution in [-0.2, 0) is 27.2 Å². The maximum absolute atomic E-state index is 12.7. The maximum Gasteiger partial charge on any atom is 0.231 e. The first-order chi connectivity index (χ1) is 15.2. The van der Waals surface area contributed by atoms with E-state index in [1.54, 1.807) is 11.3 Å². The summed E-state index contributed by atoms with van der Waals surface area (Å²) in [5.41, 5.74) is 0.732. The predicted molar refractivity (Wildman–Crippen MR) is 124 cm³/mol. The van der Waals surface area contributed by atoms with E-state index in [2.05, 4.69) is 15.2 Å². The second-order valence-corrected chi connectivity index (χ2v) is 10.1. The molecule has 9 heteroatoms. The maximum atomic E-state index is 12.7. The standard InChI is InChI=1S/C22H30N4O3S2/c27-20(15-19-2-1-13-30-19)24-22-23-18(16-31-22)14-21(28)26-7-4-17(5-8-26)3-6-25-9-11-29-12-10-25/h1-2,13,16-17H,3-12,14-15H2,(H,23,24,27). The van der Waals surface area contributed by atoms with Gasteiger partial charge in [-0.15, -0.1) is 22.7 Å². The number of rotatable bonds is 8. The van der Waals surface area contributed by atoms with Crippen molar-refractivity contribution in [1.82, 2.24) is 14.8 Å². The van der Waals surface area contributed by atoms with Crippen molar-refractivity contribution in [2.24, 2.45) is 5.92 Å². The lowest BCUT2D eigenvalue weighted by molar-refractivity contribution is -0.132. The Morgan fingerprint density at radius 2 is 1.94 bits per heavy atom. The molecule has 4 rings (SSSR count). The zero-order chi connectivity index (χ0) is 21.5. The van der Waals surface area contributed by atoms with E-state index in [0.717, 1.165) is 69.4 Å². The molecule has 0 atom stereocenters. The second-order valence-electron chi connectivity index (χ2n) is 8.19. The summed E-state index contributed by atoms with van der Waals surface area (Å²) in [5, 5.41) is 7.23. The monoisotopic (exact) mass is 462 g/mol. The van der Waals surface area contributed by atoms with E-state index in [9.17, 15) is 9.59 Å². The van der Waals surface area contributed by atoms with E-state index in [1.165, 1.54) is 17.8 Å². The predicted octanol–water partition coefficient (Wildman–Crippen LogP) is 2.89. The van der Waals surface area contributed by atoms with Gasteiger partial charge in [-0.1, -0.05) is 6.07 Å². The van der Waals surface area contributed by atoms with Crippen LogP contribution in [0.1, 0.15) is 29.8 Å². The van der Waals surface area contributed by atoms with Crippen LogP contribution >= 0.6 is 22.7 Å². The van der Waals surface area contributed by atoms with Gasteiger partial charge >= 0.3 is 0 Å². The number of carbonyl (C=O) groups excluding carboxylic acids is 2. The SMILES string of the molecule is O=C(Cc1cccs1)Nc1nc(CC(=O)N2CCC(CCN3CCOCC3)CC2)cs1. The first-order valence-electron chi connectivity index (χ1n) is 11.0. The highest BCUT2D eigenvalue weighted by atomic mass is 32.1. The van der Waals surface area contributed by atoms with E-state index >= 15 is 0 Å². The Morgan fingerprint density at radius 1 is 1.13 bits per heavy atom. The lowest BCUT2D eigenvalue weighted by Crippen LogP contribution is -2.41. The molecular weight excluding hydrogens is 432 g/mol. The first kappa shape index (κ1) is 22.4. The topological polar surface area (TPSA) is 74.8 Å². The second kappa shape index (κ2) is 11.2. The molecule has 2 amide bonds. The summed E-state index contributed by atoms with van der Waals surface area (Å²) in [4.78, 5) is 34.7. The summed E-state index contributed by atoms with van der Waals surface area (Å²) < 4.78 is 5.41. The summed E-state index contributed by atoms with van der Waals surface area (Å²) in [7, 11) is 0. The quantitative estimate of drug-likeness (QED) is 0.653. The molecule has 2 fully saturated rings. The van der Waals surface area contributed by atoms with Crippen LogP contribution in [0.5, 0.6) is 0 Å². The van der Waals surface area contributed by atoms with Crippen LogP contribution in [0, 0.1) is 5.92 Å². The molecule has 0 bridgehead atoms. The van der Waals surface area contributed by atoms with Crippen LogP contribution in [0.15, 0.2) is 22.9 Å². The van der Waals surface area contributed by atoms with E-state index in [0.29, 0.717) is 23.9 Å². The van der Waals surface area contributed by atoms with Crippen molar-refractivity contribution >= 4 is 39.6 Å². The third-order valence-corrected chi connectivity index (χ3v) is 7.65. The number of ether oxygens (including phenoxy) is 1. The van der Waals surface area contributed by atoms with Crippen molar-refractivity contribution < 1.29 is 14.3 Å². The lowest BCUT2D eigenvalue weighted by Gasteiger charge is -2.34. The number of nitrogens with zero attached hydrogens (tertiary/aromatic N) is 3. The van der Waals surface area contributed by atoms with Crippen LogP contribution in [0.3, 0.4) is 0 Å².